The Hall–Kier alpha value is -2.63. The number of amides is 2. The maximum absolute atomic E-state index is 12.5. The lowest BCUT2D eigenvalue weighted by molar-refractivity contribution is -0.118. The second-order valence-electron chi connectivity index (χ2n) is 6.53. The molecular formula is C18H19N3O3. The Labute approximate surface area is 139 Å². The van der Waals surface area contributed by atoms with E-state index in [-0.39, 0.29) is 17.5 Å². The van der Waals surface area contributed by atoms with Crippen LogP contribution in [-0.4, -0.2) is 29.6 Å². The smallest absolute Gasteiger partial charge is 0.274 e. The fourth-order valence-corrected chi connectivity index (χ4v) is 2.98. The third kappa shape index (κ3) is 2.79. The third-order valence-electron chi connectivity index (χ3n) is 4.60. The average molecular weight is 325 g/mol. The molecule has 0 radical (unpaired) electrons. The lowest BCUT2D eigenvalue weighted by Crippen LogP contribution is -2.41. The fraction of sp³-hybridized carbons (Fsp3) is 0.389. The lowest BCUT2D eigenvalue weighted by Gasteiger charge is -2.17. The van der Waals surface area contributed by atoms with Gasteiger partial charge in [-0.3, -0.25) is 9.59 Å². The highest BCUT2D eigenvalue weighted by molar-refractivity contribution is 6.03. The number of benzene rings is 1. The van der Waals surface area contributed by atoms with Crippen LogP contribution in [0.25, 0.3) is 0 Å². The first-order chi connectivity index (χ1) is 11.6. The molecule has 2 amide bonds. The van der Waals surface area contributed by atoms with Gasteiger partial charge in [-0.15, -0.1) is 0 Å². The molecule has 24 heavy (non-hydrogen) atoms. The van der Waals surface area contributed by atoms with Crippen molar-refractivity contribution < 1.29 is 14.1 Å². The molecule has 4 rings (SSSR count). The summed E-state index contributed by atoms with van der Waals surface area (Å²) in [6, 6.07) is 8.98. The van der Waals surface area contributed by atoms with Crippen molar-refractivity contribution in [1.82, 2.24) is 10.5 Å². The van der Waals surface area contributed by atoms with Crippen LogP contribution >= 0.6 is 0 Å². The molecule has 2 heterocycles. The van der Waals surface area contributed by atoms with E-state index in [1.165, 1.54) is 0 Å². The van der Waals surface area contributed by atoms with E-state index in [4.69, 9.17) is 4.52 Å². The molecule has 6 heteroatoms. The van der Waals surface area contributed by atoms with Crippen molar-refractivity contribution in [2.24, 2.45) is 0 Å². The van der Waals surface area contributed by atoms with Gasteiger partial charge in [0.2, 0.25) is 5.91 Å². The van der Waals surface area contributed by atoms with Crippen LogP contribution in [0.15, 0.2) is 34.9 Å². The van der Waals surface area contributed by atoms with Gasteiger partial charge in [0.15, 0.2) is 5.69 Å². The van der Waals surface area contributed by atoms with Gasteiger partial charge in [0.1, 0.15) is 11.8 Å². The summed E-state index contributed by atoms with van der Waals surface area (Å²) in [4.78, 5) is 26.5. The minimum atomic E-state index is -0.514. The summed E-state index contributed by atoms with van der Waals surface area (Å²) in [5.74, 6) is 0.733. The maximum atomic E-state index is 12.5. The zero-order valence-corrected chi connectivity index (χ0v) is 13.5. The molecule has 1 aliphatic heterocycles. The highest BCUT2D eigenvalue weighted by Crippen LogP contribution is 2.40. The Bertz CT molecular complexity index is 777. The monoisotopic (exact) mass is 325 g/mol. The number of carbonyl (C=O) groups excluding carboxylic acids is 2. The van der Waals surface area contributed by atoms with Crippen LogP contribution in [0.2, 0.25) is 0 Å². The van der Waals surface area contributed by atoms with Crippen LogP contribution < -0.4 is 10.2 Å². The zero-order chi connectivity index (χ0) is 16.7. The summed E-state index contributed by atoms with van der Waals surface area (Å²) in [6.07, 6.45) is 2.76. The SMILES string of the molecule is Cc1ccc(N2CC[C@@H](NC(=O)c3cc(C4CC4)on3)C2=O)cc1. The number of nitrogens with one attached hydrogen (secondary N) is 1. The molecule has 1 N–H and O–H groups in total. The first-order valence-corrected chi connectivity index (χ1v) is 8.27. The number of carbonyl (C=O) groups is 2. The molecule has 2 aliphatic rings. The molecule has 1 saturated heterocycles. The van der Waals surface area contributed by atoms with Crippen molar-refractivity contribution in [2.45, 2.75) is 38.1 Å². The number of anilines is 1. The van der Waals surface area contributed by atoms with Gasteiger partial charge in [0, 0.05) is 24.2 Å². The van der Waals surface area contributed by atoms with E-state index in [1.807, 2.05) is 31.2 Å². The number of hydrogen-bond donors (Lipinski definition) is 1. The highest BCUT2D eigenvalue weighted by Gasteiger charge is 2.35. The van der Waals surface area contributed by atoms with E-state index < -0.39 is 6.04 Å². The molecule has 6 nitrogen and oxygen atoms in total. The van der Waals surface area contributed by atoms with Crippen molar-refractivity contribution in [2.75, 3.05) is 11.4 Å². The van der Waals surface area contributed by atoms with Crippen molar-refractivity contribution in [3.63, 3.8) is 0 Å². The largest absolute Gasteiger partial charge is 0.360 e. The quantitative estimate of drug-likeness (QED) is 0.936. The first-order valence-electron chi connectivity index (χ1n) is 8.27. The van der Waals surface area contributed by atoms with Gasteiger partial charge in [-0.05, 0) is 38.3 Å². The van der Waals surface area contributed by atoms with Gasteiger partial charge in [-0.1, -0.05) is 22.9 Å². The Morgan fingerprint density at radius 1 is 1.25 bits per heavy atom. The number of hydrogen-bond acceptors (Lipinski definition) is 4. The van der Waals surface area contributed by atoms with Crippen LogP contribution in [0.1, 0.15) is 47.0 Å². The number of aryl methyl sites for hydroxylation is 1. The summed E-state index contributed by atoms with van der Waals surface area (Å²) in [7, 11) is 0. The van der Waals surface area contributed by atoms with E-state index in [0.717, 1.165) is 29.9 Å². The molecule has 1 aliphatic carbocycles. The number of aromatic nitrogens is 1. The minimum absolute atomic E-state index is 0.0851. The minimum Gasteiger partial charge on any atom is -0.360 e. The van der Waals surface area contributed by atoms with Crippen LogP contribution in [-0.2, 0) is 4.79 Å². The van der Waals surface area contributed by atoms with Crippen LogP contribution in [0, 0.1) is 6.92 Å². The standard InChI is InChI=1S/C18H19N3O3/c1-11-2-6-13(7-3-11)21-9-8-14(18(21)23)19-17(22)15-10-16(24-20-15)12-4-5-12/h2-3,6-7,10,12,14H,4-5,8-9H2,1H3,(H,19,22)/t14-/m1/s1. The fourth-order valence-electron chi connectivity index (χ4n) is 2.98. The molecule has 1 aromatic heterocycles. The van der Waals surface area contributed by atoms with Crippen molar-refractivity contribution >= 4 is 17.5 Å². The first kappa shape index (κ1) is 14.9. The average Bonchev–Trinajstić information content (AvgIpc) is 3.20. The van der Waals surface area contributed by atoms with E-state index in [1.54, 1.807) is 11.0 Å². The van der Waals surface area contributed by atoms with Gasteiger partial charge in [-0.25, -0.2) is 0 Å². The molecule has 0 unspecified atom stereocenters. The lowest BCUT2D eigenvalue weighted by atomic mass is 10.2. The molecule has 1 saturated carbocycles. The number of nitrogens with zero attached hydrogens (tertiary/aromatic N) is 2. The molecule has 124 valence electrons. The Morgan fingerprint density at radius 3 is 2.71 bits per heavy atom. The normalized spacial score (nSPS) is 20.5. The molecule has 2 aromatic rings. The van der Waals surface area contributed by atoms with Crippen molar-refractivity contribution in [3.05, 3.63) is 47.3 Å². The topological polar surface area (TPSA) is 75.4 Å². The van der Waals surface area contributed by atoms with E-state index in [0.29, 0.717) is 18.9 Å². The second kappa shape index (κ2) is 5.78. The number of rotatable bonds is 4. The van der Waals surface area contributed by atoms with Crippen molar-refractivity contribution in [1.29, 1.82) is 0 Å². The summed E-state index contributed by atoms with van der Waals surface area (Å²) in [5, 5.41) is 6.60. The predicted molar refractivity (Wildman–Crippen MR) is 87.9 cm³/mol. The Kier molecular flexibility index (Phi) is 3.59. The Balaban J connectivity index is 1.42. The predicted octanol–water partition coefficient (Wildman–Crippen LogP) is 2.40. The summed E-state index contributed by atoms with van der Waals surface area (Å²) < 4.78 is 5.20. The summed E-state index contributed by atoms with van der Waals surface area (Å²) >= 11 is 0. The summed E-state index contributed by atoms with van der Waals surface area (Å²) in [5.41, 5.74) is 2.26. The van der Waals surface area contributed by atoms with Crippen LogP contribution in [0.5, 0.6) is 0 Å². The van der Waals surface area contributed by atoms with E-state index in [9.17, 15) is 9.59 Å². The van der Waals surface area contributed by atoms with Gasteiger partial charge < -0.3 is 14.7 Å². The van der Waals surface area contributed by atoms with Gasteiger partial charge in [0.05, 0.1) is 0 Å². The van der Waals surface area contributed by atoms with Gasteiger partial charge in [0.25, 0.3) is 5.91 Å². The summed E-state index contributed by atoms with van der Waals surface area (Å²) in [6.45, 7) is 2.60. The second-order valence-corrected chi connectivity index (χ2v) is 6.53. The van der Waals surface area contributed by atoms with E-state index in [2.05, 4.69) is 10.5 Å². The zero-order valence-electron chi connectivity index (χ0n) is 13.5. The highest BCUT2D eigenvalue weighted by atomic mass is 16.5. The van der Waals surface area contributed by atoms with Crippen molar-refractivity contribution in [3.8, 4) is 0 Å². The molecular weight excluding hydrogens is 306 g/mol. The molecule has 1 atom stereocenters. The molecule has 2 fully saturated rings. The van der Waals surface area contributed by atoms with Crippen LogP contribution in [0.4, 0.5) is 5.69 Å². The van der Waals surface area contributed by atoms with Gasteiger partial charge >= 0.3 is 0 Å². The molecule has 1 aromatic carbocycles. The van der Waals surface area contributed by atoms with Gasteiger partial charge in [-0.2, -0.15) is 0 Å². The maximum Gasteiger partial charge on any atom is 0.274 e. The van der Waals surface area contributed by atoms with E-state index >= 15 is 0 Å². The third-order valence-corrected chi connectivity index (χ3v) is 4.60. The molecule has 0 bridgehead atoms. The Morgan fingerprint density at radius 2 is 2.00 bits per heavy atom. The molecule has 0 spiro atoms. The van der Waals surface area contributed by atoms with Crippen LogP contribution in [0.3, 0.4) is 0 Å².